The molecule has 0 radical (unpaired) electrons. The predicted octanol–water partition coefficient (Wildman–Crippen LogP) is 3.58. The van der Waals surface area contributed by atoms with Crippen LogP contribution < -0.4 is 10.6 Å². The summed E-state index contributed by atoms with van der Waals surface area (Å²) < 4.78 is 4.73. The van der Waals surface area contributed by atoms with Crippen molar-refractivity contribution in [2.75, 3.05) is 7.11 Å². The first-order chi connectivity index (χ1) is 13.3. The SMILES string of the molecule is COC(=O)CC(NC(=O)C(NC(=O)c1ccccc1Cl)C(C)C)c1cccs1. The van der Waals surface area contributed by atoms with E-state index in [1.54, 1.807) is 24.3 Å². The van der Waals surface area contributed by atoms with E-state index >= 15 is 0 Å². The summed E-state index contributed by atoms with van der Waals surface area (Å²) in [4.78, 5) is 38.1. The molecule has 2 amide bonds. The highest BCUT2D eigenvalue weighted by molar-refractivity contribution is 7.10. The monoisotopic (exact) mass is 422 g/mol. The lowest BCUT2D eigenvalue weighted by Gasteiger charge is -2.25. The Bertz CT molecular complexity index is 823. The average molecular weight is 423 g/mol. The topological polar surface area (TPSA) is 84.5 Å². The molecule has 150 valence electrons. The van der Waals surface area contributed by atoms with Gasteiger partial charge in [0.25, 0.3) is 5.91 Å². The number of ether oxygens (including phenoxy) is 1. The first-order valence-electron chi connectivity index (χ1n) is 8.79. The normalized spacial score (nSPS) is 12.9. The van der Waals surface area contributed by atoms with E-state index < -0.39 is 24.0 Å². The lowest BCUT2D eigenvalue weighted by Crippen LogP contribution is -2.50. The second-order valence-corrected chi connectivity index (χ2v) is 7.92. The molecule has 6 nitrogen and oxygen atoms in total. The maximum Gasteiger partial charge on any atom is 0.307 e. The van der Waals surface area contributed by atoms with E-state index in [4.69, 9.17) is 16.3 Å². The minimum absolute atomic E-state index is 0.00598. The van der Waals surface area contributed by atoms with Crippen molar-refractivity contribution in [1.29, 1.82) is 0 Å². The highest BCUT2D eigenvalue weighted by atomic mass is 35.5. The number of hydrogen-bond acceptors (Lipinski definition) is 5. The summed E-state index contributed by atoms with van der Waals surface area (Å²) in [6.45, 7) is 3.66. The number of rotatable bonds is 8. The van der Waals surface area contributed by atoms with Gasteiger partial charge in [-0.25, -0.2) is 0 Å². The number of esters is 1. The summed E-state index contributed by atoms with van der Waals surface area (Å²) in [5.41, 5.74) is 0.298. The lowest BCUT2D eigenvalue weighted by molar-refractivity contribution is -0.141. The summed E-state index contributed by atoms with van der Waals surface area (Å²) in [6, 6.07) is 9.00. The van der Waals surface area contributed by atoms with Crippen molar-refractivity contribution in [3.05, 3.63) is 57.2 Å². The van der Waals surface area contributed by atoms with Gasteiger partial charge >= 0.3 is 5.97 Å². The maximum absolute atomic E-state index is 12.9. The second-order valence-electron chi connectivity index (χ2n) is 6.53. The van der Waals surface area contributed by atoms with Gasteiger partial charge in [-0.15, -0.1) is 11.3 Å². The molecule has 8 heteroatoms. The molecule has 28 heavy (non-hydrogen) atoms. The van der Waals surface area contributed by atoms with Crippen LogP contribution in [-0.2, 0) is 14.3 Å². The number of methoxy groups -OCH3 is 1. The molecular weight excluding hydrogens is 400 g/mol. The molecule has 0 fully saturated rings. The zero-order valence-corrected chi connectivity index (χ0v) is 17.5. The molecule has 0 bridgehead atoms. The molecule has 1 heterocycles. The number of thiophene rings is 1. The van der Waals surface area contributed by atoms with E-state index in [1.165, 1.54) is 18.4 Å². The van der Waals surface area contributed by atoms with Crippen molar-refractivity contribution in [2.24, 2.45) is 5.92 Å². The third-order valence-electron chi connectivity index (χ3n) is 4.16. The highest BCUT2D eigenvalue weighted by Crippen LogP contribution is 2.23. The molecule has 0 saturated heterocycles. The number of nitrogens with one attached hydrogen (secondary N) is 2. The number of halogens is 1. The van der Waals surface area contributed by atoms with Crippen LogP contribution in [0.5, 0.6) is 0 Å². The molecule has 2 atom stereocenters. The van der Waals surface area contributed by atoms with E-state index in [2.05, 4.69) is 10.6 Å². The first-order valence-corrected chi connectivity index (χ1v) is 10.0. The van der Waals surface area contributed by atoms with Crippen LogP contribution in [0, 0.1) is 5.92 Å². The Morgan fingerprint density at radius 3 is 2.39 bits per heavy atom. The van der Waals surface area contributed by atoms with Crippen LogP contribution in [0.4, 0.5) is 0 Å². The third kappa shape index (κ3) is 5.81. The summed E-state index contributed by atoms with van der Waals surface area (Å²) in [6.07, 6.45) is 0.00598. The number of carbonyl (C=O) groups excluding carboxylic acids is 3. The summed E-state index contributed by atoms with van der Waals surface area (Å²) >= 11 is 7.51. The van der Waals surface area contributed by atoms with E-state index in [-0.39, 0.29) is 18.2 Å². The zero-order valence-electron chi connectivity index (χ0n) is 15.9. The summed E-state index contributed by atoms with van der Waals surface area (Å²) in [7, 11) is 1.30. The molecule has 0 saturated carbocycles. The number of benzene rings is 1. The minimum Gasteiger partial charge on any atom is -0.469 e. The summed E-state index contributed by atoms with van der Waals surface area (Å²) in [5, 5.41) is 7.78. The molecule has 2 aromatic rings. The molecule has 0 aliphatic heterocycles. The van der Waals surface area contributed by atoms with E-state index in [0.29, 0.717) is 10.6 Å². The molecule has 0 spiro atoms. The Labute approximate surface area is 173 Å². The van der Waals surface area contributed by atoms with E-state index in [1.807, 2.05) is 31.4 Å². The van der Waals surface area contributed by atoms with Gasteiger partial charge in [-0.1, -0.05) is 43.6 Å². The number of amides is 2. The number of hydrogen-bond donors (Lipinski definition) is 2. The van der Waals surface area contributed by atoms with Gasteiger partial charge in [0.15, 0.2) is 0 Å². The second kappa shape index (κ2) is 10.2. The van der Waals surface area contributed by atoms with Gasteiger partial charge < -0.3 is 15.4 Å². The Kier molecular flexibility index (Phi) is 8.02. The van der Waals surface area contributed by atoms with Gasteiger partial charge in [-0.05, 0) is 29.5 Å². The van der Waals surface area contributed by atoms with Crippen LogP contribution in [-0.4, -0.2) is 30.9 Å². The van der Waals surface area contributed by atoms with Gasteiger partial charge in [0.05, 0.1) is 30.2 Å². The summed E-state index contributed by atoms with van der Waals surface area (Å²) in [5.74, 6) is -1.41. The van der Waals surface area contributed by atoms with E-state index in [0.717, 1.165) is 4.88 Å². The predicted molar refractivity (Wildman–Crippen MR) is 109 cm³/mol. The molecule has 0 aliphatic rings. The molecular formula is C20H23ClN2O4S. The molecule has 2 N–H and O–H groups in total. The van der Waals surface area contributed by atoms with Crippen molar-refractivity contribution in [2.45, 2.75) is 32.4 Å². The van der Waals surface area contributed by atoms with Crippen LogP contribution >= 0.6 is 22.9 Å². The van der Waals surface area contributed by atoms with Gasteiger partial charge in [-0.3, -0.25) is 14.4 Å². The van der Waals surface area contributed by atoms with Crippen LogP contribution in [0.3, 0.4) is 0 Å². The average Bonchev–Trinajstić information content (AvgIpc) is 3.19. The quantitative estimate of drug-likeness (QED) is 0.637. The maximum atomic E-state index is 12.9. The molecule has 2 rings (SSSR count). The van der Waals surface area contributed by atoms with Crippen LogP contribution in [0.1, 0.15) is 41.5 Å². The largest absolute Gasteiger partial charge is 0.469 e. The molecule has 1 aromatic carbocycles. The highest BCUT2D eigenvalue weighted by Gasteiger charge is 2.29. The van der Waals surface area contributed by atoms with Crippen LogP contribution in [0.15, 0.2) is 41.8 Å². The van der Waals surface area contributed by atoms with Crippen LogP contribution in [0.2, 0.25) is 5.02 Å². The Hall–Kier alpha value is -2.38. The minimum atomic E-state index is -0.788. The Balaban J connectivity index is 2.15. The van der Waals surface area contributed by atoms with Crippen molar-refractivity contribution < 1.29 is 19.1 Å². The smallest absolute Gasteiger partial charge is 0.307 e. The molecule has 1 aromatic heterocycles. The fourth-order valence-corrected chi connectivity index (χ4v) is 3.62. The van der Waals surface area contributed by atoms with Crippen molar-refractivity contribution in [3.8, 4) is 0 Å². The fraction of sp³-hybridized carbons (Fsp3) is 0.350. The van der Waals surface area contributed by atoms with Crippen molar-refractivity contribution in [3.63, 3.8) is 0 Å². The van der Waals surface area contributed by atoms with Crippen molar-refractivity contribution in [1.82, 2.24) is 10.6 Å². The third-order valence-corrected chi connectivity index (χ3v) is 5.47. The van der Waals surface area contributed by atoms with Gasteiger partial charge in [0.1, 0.15) is 6.04 Å². The molecule has 0 aliphatic carbocycles. The lowest BCUT2D eigenvalue weighted by atomic mass is 10.0. The van der Waals surface area contributed by atoms with E-state index in [9.17, 15) is 14.4 Å². The van der Waals surface area contributed by atoms with Gasteiger partial charge in [0.2, 0.25) is 5.91 Å². The first kappa shape index (κ1) is 21.9. The fourth-order valence-electron chi connectivity index (χ4n) is 2.62. The zero-order chi connectivity index (χ0) is 20.7. The Morgan fingerprint density at radius 2 is 1.82 bits per heavy atom. The Morgan fingerprint density at radius 1 is 1.11 bits per heavy atom. The van der Waals surface area contributed by atoms with Gasteiger partial charge in [0, 0.05) is 4.88 Å². The standard InChI is InChI=1S/C20H23ClN2O4S/c1-12(2)18(23-19(25)13-7-4-5-8-14(13)21)20(26)22-15(11-17(24)27-3)16-9-6-10-28-16/h4-10,12,15,18H,11H2,1-3H3,(H,22,26)(H,23,25). The van der Waals surface area contributed by atoms with Crippen LogP contribution in [0.25, 0.3) is 0 Å². The van der Waals surface area contributed by atoms with Gasteiger partial charge in [-0.2, -0.15) is 0 Å². The molecule has 2 unspecified atom stereocenters. The number of carbonyl (C=O) groups is 3. The van der Waals surface area contributed by atoms with Crippen molar-refractivity contribution >= 4 is 40.7 Å².